The number of methoxy groups -OCH3 is 1. The van der Waals surface area contributed by atoms with Gasteiger partial charge in [-0.3, -0.25) is 4.99 Å². The van der Waals surface area contributed by atoms with Gasteiger partial charge in [0.05, 0.1) is 13.7 Å². The van der Waals surface area contributed by atoms with Crippen LogP contribution in [0, 0.1) is 12.3 Å². The number of terminal acetylenes is 1. The summed E-state index contributed by atoms with van der Waals surface area (Å²) in [6.45, 7) is 6.09. The molecule has 0 bridgehead atoms. The SMILES string of the molecule is C#CCNC(=NCC(C)c1ccccc1OC)NCC. The number of nitrogens with zero attached hydrogens (tertiary/aromatic N) is 1. The van der Waals surface area contributed by atoms with Crippen molar-refractivity contribution in [3.63, 3.8) is 0 Å². The molecule has 2 N–H and O–H groups in total. The molecule has 20 heavy (non-hydrogen) atoms. The van der Waals surface area contributed by atoms with Gasteiger partial charge in [-0.15, -0.1) is 6.42 Å². The largest absolute Gasteiger partial charge is 0.496 e. The fourth-order valence-corrected chi connectivity index (χ4v) is 1.88. The van der Waals surface area contributed by atoms with Crippen LogP contribution in [0.25, 0.3) is 0 Å². The quantitative estimate of drug-likeness (QED) is 0.473. The molecule has 0 aromatic heterocycles. The van der Waals surface area contributed by atoms with Gasteiger partial charge in [0.25, 0.3) is 0 Å². The van der Waals surface area contributed by atoms with Crippen LogP contribution in [0.15, 0.2) is 29.3 Å². The molecular weight excluding hydrogens is 250 g/mol. The van der Waals surface area contributed by atoms with Crippen LogP contribution in [0.3, 0.4) is 0 Å². The topological polar surface area (TPSA) is 45.7 Å². The molecule has 0 aliphatic heterocycles. The van der Waals surface area contributed by atoms with Gasteiger partial charge in [-0.05, 0) is 18.6 Å². The van der Waals surface area contributed by atoms with Crippen molar-refractivity contribution in [3.8, 4) is 18.1 Å². The van der Waals surface area contributed by atoms with Crippen LogP contribution in [-0.4, -0.2) is 32.7 Å². The molecule has 0 aliphatic rings. The number of guanidine groups is 1. The minimum Gasteiger partial charge on any atom is -0.496 e. The number of hydrogen-bond donors (Lipinski definition) is 2. The van der Waals surface area contributed by atoms with Gasteiger partial charge < -0.3 is 15.4 Å². The van der Waals surface area contributed by atoms with E-state index in [9.17, 15) is 0 Å². The maximum atomic E-state index is 5.38. The Bertz CT molecular complexity index is 477. The summed E-state index contributed by atoms with van der Waals surface area (Å²) in [4.78, 5) is 4.55. The maximum absolute atomic E-state index is 5.38. The normalized spacial score (nSPS) is 12.4. The van der Waals surface area contributed by atoms with Crippen molar-refractivity contribution < 1.29 is 4.74 Å². The lowest BCUT2D eigenvalue weighted by Crippen LogP contribution is -2.37. The standard InChI is InChI=1S/C16H23N3O/c1-5-11-18-16(17-6-2)19-12-13(3)14-9-7-8-10-15(14)20-4/h1,7-10,13H,6,11-12H2,2-4H3,(H2,17,18,19). The molecule has 0 amide bonds. The molecule has 0 fully saturated rings. The molecule has 1 atom stereocenters. The molecule has 0 aliphatic carbocycles. The van der Waals surface area contributed by atoms with Crippen molar-refractivity contribution >= 4 is 5.96 Å². The van der Waals surface area contributed by atoms with Crippen LogP contribution in [0.1, 0.15) is 25.3 Å². The van der Waals surface area contributed by atoms with E-state index in [1.807, 2.05) is 25.1 Å². The van der Waals surface area contributed by atoms with Gasteiger partial charge >= 0.3 is 0 Å². The van der Waals surface area contributed by atoms with Crippen LogP contribution in [-0.2, 0) is 0 Å². The first kappa shape index (κ1) is 15.9. The molecular formula is C16H23N3O. The summed E-state index contributed by atoms with van der Waals surface area (Å²) in [6, 6.07) is 8.02. The summed E-state index contributed by atoms with van der Waals surface area (Å²) >= 11 is 0. The molecule has 1 unspecified atom stereocenters. The lowest BCUT2D eigenvalue weighted by Gasteiger charge is -2.15. The van der Waals surface area contributed by atoms with Gasteiger partial charge in [-0.2, -0.15) is 0 Å². The highest BCUT2D eigenvalue weighted by atomic mass is 16.5. The Morgan fingerprint density at radius 3 is 2.80 bits per heavy atom. The number of hydrogen-bond acceptors (Lipinski definition) is 2. The third-order valence-electron chi connectivity index (χ3n) is 2.90. The second kappa shape index (κ2) is 8.87. The second-order valence-corrected chi connectivity index (χ2v) is 4.42. The second-order valence-electron chi connectivity index (χ2n) is 4.42. The lowest BCUT2D eigenvalue weighted by atomic mass is 10.0. The number of benzene rings is 1. The maximum Gasteiger partial charge on any atom is 0.192 e. The molecule has 0 saturated heterocycles. The molecule has 0 radical (unpaired) electrons. The third-order valence-corrected chi connectivity index (χ3v) is 2.90. The molecule has 1 rings (SSSR count). The average molecular weight is 273 g/mol. The van der Waals surface area contributed by atoms with Crippen molar-refractivity contribution in [2.75, 3.05) is 26.7 Å². The lowest BCUT2D eigenvalue weighted by molar-refractivity contribution is 0.407. The van der Waals surface area contributed by atoms with Gasteiger partial charge in [-0.1, -0.05) is 31.0 Å². The molecule has 0 saturated carbocycles. The van der Waals surface area contributed by atoms with Gasteiger partial charge in [-0.25, -0.2) is 0 Å². The molecule has 0 heterocycles. The molecule has 4 heteroatoms. The first-order chi connectivity index (χ1) is 9.72. The summed E-state index contributed by atoms with van der Waals surface area (Å²) in [5.74, 6) is 4.46. The molecule has 1 aromatic carbocycles. The van der Waals surface area contributed by atoms with Crippen molar-refractivity contribution in [2.24, 2.45) is 4.99 Å². The Labute approximate surface area is 121 Å². The van der Waals surface area contributed by atoms with Gasteiger partial charge in [0.1, 0.15) is 5.75 Å². The predicted molar refractivity (Wildman–Crippen MR) is 84.2 cm³/mol. The first-order valence-electron chi connectivity index (χ1n) is 6.81. The van der Waals surface area contributed by atoms with E-state index < -0.39 is 0 Å². The van der Waals surface area contributed by atoms with Crippen LogP contribution >= 0.6 is 0 Å². The van der Waals surface area contributed by atoms with Crippen LogP contribution in [0.4, 0.5) is 0 Å². The molecule has 1 aromatic rings. The van der Waals surface area contributed by atoms with Gasteiger partial charge in [0.15, 0.2) is 5.96 Å². The van der Waals surface area contributed by atoms with E-state index >= 15 is 0 Å². The minimum absolute atomic E-state index is 0.271. The fourth-order valence-electron chi connectivity index (χ4n) is 1.88. The van der Waals surface area contributed by atoms with Gasteiger partial charge in [0, 0.05) is 19.0 Å². The Kier molecular flexibility index (Phi) is 7.05. The van der Waals surface area contributed by atoms with E-state index in [1.165, 1.54) is 0 Å². The van der Waals surface area contributed by atoms with Crippen LogP contribution < -0.4 is 15.4 Å². The molecule has 4 nitrogen and oxygen atoms in total. The van der Waals surface area contributed by atoms with Crippen molar-refractivity contribution in [2.45, 2.75) is 19.8 Å². The fraction of sp³-hybridized carbons (Fsp3) is 0.438. The summed E-state index contributed by atoms with van der Waals surface area (Å²) in [7, 11) is 1.69. The van der Waals surface area contributed by atoms with E-state index in [1.54, 1.807) is 7.11 Å². The zero-order chi connectivity index (χ0) is 14.8. The highest BCUT2D eigenvalue weighted by Crippen LogP contribution is 2.26. The zero-order valence-corrected chi connectivity index (χ0v) is 12.4. The van der Waals surface area contributed by atoms with Crippen LogP contribution in [0.2, 0.25) is 0 Å². The Morgan fingerprint density at radius 2 is 2.15 bits per heavy atom. The smallest absolute Gasteiger partial charge is 0.192 e. The van der Waals surface area contributed by atoms with Crippen molar-refractivity contribution in [3.05, 3.63) is 29.8 Å². The highest BCUT2D eigenvalue weighted by molar-refractivity contribution is 5.80. The predicted octanol–water partition coefficient (Wildman–Crippen LogP) is 1.99. The molecule has 108 valence electrons. The van der Waals surface area contributed by atoms with E-state index in [0.717, 1.165) is 23.8 Å². The number of aliphatic imine (C=N–C) groups is 1. The van der Waals surface area contributed by atoms with Crippen LogP contribution in [0.5, 0.6) is 5.75 Å². The van der Waals surface area contributed by atoms with Crippen molar-refractivity contribution in [1.82, 2.24) is 10.6 Å². The van der Waals surface area contributed by atoms with Crippen molar-refractivity contribution in [1.29, 1.82) is 0 Å². The Hall–Kier alpha value is -2.15. The monoisotopic (exact) mass is 273 g/mol. The summed E-state index contributed by atoms with van der Waals surface area (Å²) in [5, 5.41) is 6.24. The van der Waals surface area contributed by atoms with E-state index in [-0.39, 0.29) is 5.92 Å². The molecule has 0 spiro atoms. The summed E-state index contributed by atoms with van der Waals surface area (Å²) in [6.07, 6.45) is 5.25. The van der Waals surface area contributed by atoms with E-state index in [2.05, 4.69) is 34.5 Å². The first-order valence-corrected chi connectivity index (χ1v) is 6.81. The highest BCUT2D eigenvalue weighted by Gasteiger charge is 2.10. The third kappa shape index (κ3) is 4.85. The van der Waals surface area contributed by atoms with E-state index in [4.69, 9.17) is 11.2 Å². The Balaban J connectivity index is 2.72. The van der Waals surface area contributed by atoms with Gasteiger partial charge in [0.2, 0.25) is 0 Å². The zero-order valence-electron chi connectivity index (χ0n) is 12.4. The number of nitrogens with one attached hydrogen (secondary N) is 2. The van der Waals surface area contributed by atoms with E-state index in [0.29, 0.717) is 13.1 Å². The Morgan fingerprint density at radius 1 is 1.40 bits per heavy atom. The summed E-state index contributed by atoms with van der Waals surface area (Å²) < 4.78 is 5.38. The minimum atomic E-state index is 0.271. The number of para-hydroxylation sites is 1. The summed E-state index contributed by atoms with van der Waals surface area (Å²) in [5.41, 5.74) is 1.16. The number of rotatable bonds is 6. The number of ether oxygens (including phenoxy) is 1. The average Bonchev–Trinajstić information content (AvgIpc) is 2.49.